The molecule has 0 saturated heterocycles. The van der Waals surface area contributed by atoms with Gasteiger partial charge in [-0.1, -0.05) is 43.8 Å². The second-order valence-electron chi connectivity index (χ2n) is 7.13. The molecule has 0 spiro atoms. The molecule has 3 nitrogen and oxygen atoms in total. The van der Waals surface area contributed by atoms with Crippen LogP contribution in [0.4, 0.5) is 18.9 Å². The molecule has 0 aliphatic carbocycles. The standard InChI is InChI=1S/C19H20F3NO2SSi/c1-14-12-15(19(20,21)22)13-18(17(14)10-11-27(2,3)4)23-26(24,25)16-8-6-5-7-9-16/h5-9,12-13,23H,1-4H3. The number of sulfonamides is 1. The fourth-order valence-corrected chi connectivity index (χ4v) is 3.83. The lowest BCUT2D eigenvalue weighted by molar-refractivity contribution is -0.137. The van der Waals surface area contributed by atoms with Crippen LogP contribution in [0.25, 0.3) is 0 Å². The minimum absolute atomic E-state index is 0.0378. The summed E-state index contributed by atoms with van der Waals surface area (Å²) < 4.78 is 67.1. The molecule has 0 atom stereocenters. The summed E-state index contributed by atoms with van der Waals surface area (Å²) in [5, 5.41) is 0. The SMILES string of the molecule is Cc1cc(C(F)(F)F)cc(NS(=O)(=O)c2ccccc2)c1C#C[Si](C)(C)C. The van der Waals surface area contributed by atoms with Crippen molar-refractivity contribution in [3.63, 3.8) is 0 Å². The lowest BCUT2D eigenvalue weighted by atomic mass is 10.0. The van der Waals surface area contributed by atoms with Crippen LogP contribution in [0.1, 0.15) is 16.7 Å². The number of halogens is 3. The summed E-state index contributed by atoms with van der Waals surface area (Å²) in [6.07, 6.45) is -4.59. The second kappa shape index (κ2) is 7.41. The molecule has 0 radical (unpaired) electrons. The van der Waals surface area contributed by atoms with Crippen molar-refractivity contribution in [2.75, 3.05) is 4.72 Å². The fraction of sp³-hybridized carbons (Fsp3) is 0.263. The molecular formula is C19H20F3NO2SSi. The van der Waals surface area contributed by atoms with Crippen LogP contribution >= 0.6 is 0 Å². The number of anilines is 1. The number of nitrogens with one attached hydrogen (secondary N) is 1. The zero-order valence-electron chi connectivity index (χ0n) is 15.4. The Morgan fingerprint density at radius 3 is 2.15 bits per heavy atom. The van der Waals surface area contributed by atoms with E-state index < -0.39 is 29.8 Å². The highest BCUT2D eigenvalue weighted by Gasteiger charge is 2.32. The Morgan fingerprint density at radius 2 is 1.63 bits per heavy atom. The number of rotatable bonds is 3. The summed E-state index contributed by atoms with van der Waals surface area (Å²) in [5.41, 5.74) is 2.50. The molecule has 2 rings (SSSR count). The normalized spacial score (nSPS) is 12.3. The molecule has 0 aliphatic heterocycles. The van der Waals surface area contributed by atoms with E-state index in [1.807, 2.05) is 19.6 Å². The molecule has 8 heteroatoms. The maximum Gasteiger partial charge on any atom is 0.416 e. The molecule has 2 aromatic rings. The molecule has 1 N–H and O–H groups in total. The molecule has 0 heterocycles. The smallest absolute Gasteiger partial charge is 0.278 e. The van der Waals surface area contributed by atoms with Gasteiger partial charge in [0.2, 0.25) is 0 Å². The molecular weight excluding hydrogens is 391 g/mol. The van der Waals surface area contributed by atoms with E-state index in [-0.39, 0.29) is 21.7 Å². The Bertz CT molecular complexity index is 999. The number of alkyl halides is 3. The fourth-order valence-electron chi connectivity index (χ4n) is 2.25. The van der Waals surface area contributed by atoms with E-state index in [1.165, 1.54) is 31.2 Å². The number of benzene rings is 2. The van der Waals surface area contributed by atoms with Gasteiger partial charge in [0.25, 0.3) is 10.0 Å². The van der Waals surface area contributed by atoms with Crippen LogP contribution in [0.3, 0.4) is 0 Å². The first-order chi connectivity index (χ1) is 12.3. The first-order valence-electron chi connectivity index (χ1n) is 8.12. The van der Waals surface area contributed by atoms with Crippen LogP contribution in [0.2, 0.25) is 19.6 Å². The van der Waals surface area contributed by atoms with Crippen molar-refractivity contribution in [1.82, 2.24) is 0 Å². The van der Waals surface area contributed by atoms with E-state index in [1.54, 1.807) is 6.07 Å². The van der Waals surface area contributed by atoms with Crippen LogP contribution < -0.4 is 4.72 Å². The summed E-state index contributed by atoms with van der Waals surface area (Å²) in [4.78, 5) is -0.0378. The van der Waals surface area contributed by atoms with Crippen molar-refractivity contribution in [1.29, 1.82) is 0 Å². The topological polar surface area (TPSA) is 46.2 Å². The summed E-state index contributed by atoms with van der Waals surface area (Å²) in [6, 6.07) is 9.25. The molecule has 0 fully saturated rings. The Balaban J connectivity index is 2.64. The van der Waals surface area contributed by atoms with Gasteiger partial charge in [-0.3, -0.25) is 4.72 Å². The van der Waals surface area contributed by atoms with E-state index in [9.17, 15) is 21.6 Å². The number of hydrogen-bond donors (Lipinski definition) is 1. The second-order valence-corrected chi connectivity index (χ2v) is 13.6. The van der Waals surface area contributed by atoms with Gasteiger partial charge in [0.1, 0.15) is 8.07 Å². The van der Waals surface area contributed by atoms with Crippen LogP contribution in [0, 0.1) is 18.4 Å². The maximum absolute atomic E-state index is 13.2. The van der Waals surface area contributed by atoms with Gasteiger partial charge in [0.15, 0.2) is 0 Å². The van der Waals surface area contributed by atoms with Gasteiger partial charge in [-0.05, 0) is 36.8 Å². The zero-order valence-corrected chi connectivity index (χ0v) is 17.2. The van der Waals surface area contributed by atoms with E-state index in [4.69, 9.17) is 0 Å². The van der Waals surface area contributed by atoms with Gasteiger partial charge in [-0.25, -0.2) is 8.42 Å². The van der Waals surface area contributed by atoms with Crippen LogP contribution in [-0.2, 0) is 16.2 Å². The molecule has 0 amide bonds. The van der Waals surface area contributed by atoms with Gasteiger partial charge in [-0.2, -0.15) is 13.2 Å². The van der Waals surface area contributed by atoms with Gasteiger partial charge in [0.05, 0.1) is 21.7 Å². The summed E-state index contributed by atoms with van der Waals surface area (Å²) in [6.45, 7) is 7.47. The maximum atomic E-state index is 13.2. The van der Waals surface area contributed by atoms with Crippen LogP contribution in [-0.4, -0.2) is 16.5 Å². The molecule has 0 aliphatic rings. The summed E-state index contributed by atoms with van der Waals surface area (Å²) in [7, 11) is -5.86. The Labute approximate surface area is 158 Å². The molecule has 0 unspecified atom stereocenters. The van der Waals surface area contributed by atoms with Gasteiger partial charge < -0.3 is 0 Å². The zero-order chi connectivity index (χ0) is 20.5. The van der Waals surface area contributed by atoms with E-state index in [0.29, 0.717) is 0 Å². The Morgan fingerprint density at radius 1 is 1.04 bits per heavy atom. The van der Waals surface area contributed by atoms with E-state index >= 15 is 0 Å². The molecule has 0 bridgehead atoms. The summed E-state index contributed by atoms with van der Waals surface area (Å²) >= 11 is 0. The van der Waals surface area contributed by atoms with Crippen molar-refractivity contribution in [3.05, 3.63) is 59.2 Å². The molecule has 144 valence electrons. The third-order valence-corrected chi connectivity index (χ3v) is 5.78. The molecule has 2 aromatic carbocycles. The average Bonchev–Trinajstić information content (AvgIpc) is 2.52. The van der Waals surface area contributed by atoms with Gasteiger partial charge in [-0.15, -0.1) is 5.54 Å². The third kappa shape index (κ3) is 5.61. The minimum atomic E-state index is -4.59. The van der Waals surface area contributed by atoms with Crippen molar-refractivity contribution in [2.45, 2.75) is 37.6 Å². The molecule has 0 aromatic heterocycles. The summed E-state index contributed by atoms with van der Waals surface area (Å²) in [5.74, 6) is 2.89. The molecule has 27 heavy (non-hydrogen) atoms. The first kappa shape index (κ1) is 21.1. The number of hydrogen-bond acceptors (Lipinski definition) is 2. The Hall–Kier alpha value is -2.24. The van der Waals surface area contributed by atoms with Crippen molar-refractivity contribution < 1.29 is 21.6 Å². The lowest BCUT2D eigenvalue weighted by Crippen LogP contribution is -2.18. The highest BCUT2D eigenvalue weighted by molar-refractivity contribution is 7.92. The van der Waals surface area contributed by atoms with Crippen LogP contribution in [0.15, 0.2) is 47.4 Å². The lowest BCUT2D eigenvalue weighted by Gasteiger charge is -2.16. The third-order valence-electron chi connectivity index (χ3n) is 3.52. The predicted octanol–water partition coefficient (Wildman–Crippen LogP) is 5.04. The quantitative estimate of drug-likeness (QED) is 0.568. The average molecular weight is 412 g/mol. The van der Waals surface area contributed by atoms with Crippen molar-refractivity contribution >= 4 is 23.8 Å². The largest absolute Gasteiger partial charge is 0.416 e. The molecule has 0 saturated carbocycles. The van der Waals surface area contributed by atoms with Crippen LogP contribution in [0.5, 0.6) is 0 Å². The predicted molar refractivity (Wildman–Crippen MR) is 104 cm³/mol. The monoisotopic (exact) mass is 411 g/mol. The highest BCUT2D eigenvalue weighted by Crippen LogP contribution is 2.34. The number of aryl methyl sites for hydroxylation is 1. The first-order valence-corrected chi connectivity index (χ1v) is 13.1. The van der Waals surface area contributed by atoms with Gasteiger partial charge >= 0.3 is 6.18 Å². The van der Waals surface area contributed by atoms with E-state index in [0.717, 1.165) is 12.1 Å². The highest BCUT2D eigenvalue weighted by atomic mass is 32.2. The minimum Gasteiger partial charge on any atom is -0.278 e. The Kier molecular flexibility index (Phi) is 5.78. The van der Waals surface area contributed by atoms with Crippen molar-refractivity contribution in [3.8, 4) is 11.5 Å². The van der Waals surface area contributed by atoms with E-state index in [2.05, 4.69) is 16.2 Å². The van der Waals surface area contributed by atoms with Gasteiger partial charge in [0, 0.05) is 0 Å². The van der Waals surface area contributed by atoms with Crippen molar-refractivity contribution in [2.24, 2.45) is 0 Å².